The second kappa shape index (κ2) is 45.7. The van der Waals surface area contributed by atoms with Crippen LogP contribution in [0.4, 0.5) is 0 Å². The van der Waals surface area contributed by atoms with Gasteiger partial charge in [0.25, 0.3) is 0 Å². The number of aliphatic carboxylic acids is 2. The van der Waals surface area contributed by atoms with Crippen molar-refractivity contribution in [1.82, 2.24) is 98.7 Å². The van der Waals surface area contributed by atoms with Gasteiger partial charge in [-0.15, -0.1) is 0 Å². The zero-order valence-corrected chi connectivity index (χ0v) is 64.4. The van der Waals surface area contributed by atoms with Gasteiger partial charge < -0.3 is 122 Å². The maximum atomic E-state index is 15.2. The van der Waals surface area contributed by atoms with Crippen LogP contribution in [0.25, 0.3) is 10.9 Å². The molecule has 29 N–H and O–H groups in total. The number of imidazole rings is 3. The number of carbonyl (C=O) groups excluding carboxylic acids is 10. The molecule has 0 aliphatic heterocycles. The normalized spacial score (nSPS) is 13.9. The Balaban J connectivity index is 1.04. The van der Waals surface area contributed by atoms with Gasteiger partial charge in [0.05, 0.1) is 48.5 Å². The minimum absolute atomic E-state index is 0.00250. The van der Waals surface area contributed by atoms with E-state index in [1.165, 1.54) is 49.7 Å². The van der Waals surface area contributed by atoms with E-state index in [-0.39, 0.29) is 121 Å². The number of aromatic nitrogens is 7. The van der Waals surface area contributed by atoms with Crippen LogP contribution < -0.4 is 86.7 Å². The van der Waals surface area contributed by atoms with Crippen molar-refractivity contribution < 1.29 is 72.9 Å². The quantitative estimate of drug-likeness (QED) is 0.0106. The summed E-state index contributed by atoms with van der Waals surface area (Å²) in [6.45, 7) is 0.0359. The summed E-state index contributed by atoms with van der Waals surface area (Å²) in [5, 5.41) is 78.1. The number of benzene rings is 4. The number of aromatic amines is 4. The molecule has 40 nitrogen and oxygen atoms in total. The Morgan fingerprint density at radius 2 is 0.746 bits per heavy atom. The number of fused-ring (bicyclic) bond motifs is 1. The van der Waals surface area contributed by atoms with Crippen molar-refractivity contribution in [3.63, 3.8) is 0 Å². The summed E-state index contributed by atoms with van der Waals surface area (Å²) in [5.74, 6) is -13.7. The monoisotopic (exact) mass is 1630 g/mol. The first-order valence-electron chi connectivity index (χ1n) is 38.1. The number of carbonyl (C=O) groups is 12. The molecular weight excluding hydrogens is 1530 g/mol. The number of nitrogens with two attached hydrogens (primary N) is 4. The van der Waals surface area contributed by atoms with Crippen molar-refractivity contribution in [3.8, 4) is 5.75 Å². The third-order valence-electron chi connectivity index (χ3n) is 18.9. The van der Waals surface area contributed by atoms with Gasteiger partial charge in [0.2, 0.25) is 59.1 Å². The molecule has 0 fully saturated rings. The van der Waals surface area contributed by atoms with E-state index in [0.717, 1.165) is 0 Å². The van der Waals surface area contributed by atoms with Crippen LogP contribution in [-0.2, 0) is 102 Å². The molecule has 0 radical (unpaired) electrons. The summed E-state index contributed by atoms with van der Waals surface area (Å²) in [7, 11) is 0. The average molecular weight is 1630 g/mol. The number of unbranched alkanes of at least 4 members (excludes halogenated alkanes) is 1. The molecule has 118 heavy (non-hydrogen) atoms. The number of aromatic hydroxyl groups is 1. The van der Waals surface area contributed by atoms with Gasteiger partial charge in [-0.2, -0.15) is 0 Å². The number of H-pyrrole nitrogens is 4. The number of hydrogen-bond donors (Lipinski definition) is 25. The SMILES string of the molecule is N=C(N)NCCC[C@@H](NC(=O)[C@H](CCCCN)NC(=O)[C@H](CC(=O)O)NC(=O)[C@@H](CCCNC(=N)N)NC(=O)[C@H](Cc1ccccc1)NC(=O)[C@@H](Cc1c[nH]cn1)NC(=O)[C@@H](N)Cc1ccc(O)cc1)C(=O)N[C@@H](Cc1c[nH]cn1)C(=O)N[C@@H](Cc1c[nH]c2ccccc12)C(=O)N[C@H](Cc1c[nH]cn1)C(=O)N[C@@H](Cc1ccccc1)C(=O)O. The van der Waals surface area contributed by atoms with Gasteiger partial charge in [0, 0.05) is 87.3 Å². The van der Waals surface area contributed by atoms with Crippen LogP contribution in [0.5, 0.6) is 5.75 Å². The summed E-state index contributed by atoms with van der Waals surface area (Å²) in [6, 6.07) is 12.8. The molecular formula is C78H101N25O15. The molecule has 0 aliphatic carbocycles. The highest BCUT2D eigenvalue weighted by Gasteiger charge is 2.38. The Labute approximate surface area is 676 Å². The van der Waals surface area contributed by atoms with E-state index >= 15 is 14.4 Å². The van der Waals surface area contributed by atoms with Gasteiger partial charge in [-0.05, 0) is 98.4 Å². The van der Waals surface area contributed by atoms with Crippen LogP contribution in [0.15, 0.2) is 153 Å². The minimum atomic E-state index is -2.01. The zero-order chi connectivity index (χ0) is 85.0. The van der Waals surface area contributed by atoms with Gasteiger partial charge in [0.1, 0.15) is 66.2 Å². The largest absolute Gasteiger partial charge is 0.508 e. The molecule has 8 aromatic rings. The molecule has 11 atom stereocenters. The number of rotatable bonds is 49. The predicted octanol–water partition coefficient (Wildman–Crippen LogP) is -2.57. The van der Waals surface area contributed by atoms with Crippen molar-refractivity contribution >= 4 is 93.8 Å². The lowest BCUT2D eigenvalue weighted by Gasteiger charge is -2.28. The summed E-state index contributed by atoms with van der Waals surface area (Å²) < 4.78 is 0. The molecule has 0 spiro atoms. The van der Waals surface area contributed by atoms with Crippen LogP contribution in [0.3, 0.4) is 0 Å². The minimum Gasteiger partial charge on any atom is -0.508 e. The van der Waals surface area contributed by atoms with Gasteiger partial charge in [0.15, 0.2) is 11.9 Å². The van der Waals surface area contributed by atoms with E-state index in [4.69, 9.17) is 33.8 Å². The number of nitrogens with one attached hydrogen (secondary N) is 18. The molecule has 628 valence electrons. The van der Waals surface area contributed by atoms with E-state index in [9.17, 15) is 58.5 Å². The number of nitrogens with zero attached hydrogens (tertiary/aromatic N) is 3. The smallest absolute Gasteiger partial charge is 0.326 e. The molecule has 10 amide bonds. The Kier molecular flexibility index (Phi) is 34.7. The Hall–Kier alpha value is -14.1. The first-order valence-corrected chi connectivity index (χ1v) is 38.1. The maximum absolute atomic E-state index is 15.2. The third-order valence-corrected chi connectivity index (χ3v) is 18.9. The van der Waals surface area contributed by atoms with Crippen molar-refractivity contribution in [2.45, 2.75) is 163 Å². The van der Waals surface area contributed by atoms with Crippen LogP contribution in [0, 0.1) is 10.8 Å². The lowest BCUT2D eigenvalue weighted by atomic mass is 10.0. The number of amides is 10. The van der Waals surface area contributed by atoms with E-state index in [0.29, 0.717) is 44.5 Å². The summed E-state index contributed by atoms with van der Waals surface area (Å²) >= 11 is 0. The lowest BCUT2D eigenvalue weighted by Crippen LogP contribution is -2.61. The predicted molar refractivity (Wildman–Crippen MR) is 429 cm³/mol. The highest BCUT2D eigenvalue weighted by molar-refractivity contribution is 6.00. The van der Waals surface area contributed by atoms with Crippen molar-refractivity contribution in [2.24, 2.45) is 22.9 Å². The van der Waals surface area contributed by atoms with Gasteiger partial charge in [-0.25, -0.2) is 19.7 Å². The number of carboxylic acid groups (broad SMARTS) is 2. The lowest BCUT2D eigenvalue weighted by molar-refractivity contribution is -0.142. The molecule has 4 heterocycles. The summed E-state index contributed by atoms with van der Waals surface area (Å²) in [4.78, 5) is 197. The van der Waals surface area contributed by atoms with Crippen molar-refractivity contribution in [2.75, 3.05) is 19.6 Å². The van der Waals surface area contributed by atoms with Gasteiger partial charge >= 0.3 is 11.9 Å². The highest BCUT2D eigenvalue weighted by Crippen LogP contribution is 2.21. The van der Waals surface area contributed by atoms with E-state index in [1.807, 2.05) is 0 Å². The highest BCUT2D eigenvalue weighted by atomic mass is 16.4. The number of carboxylic acids is 2. The zero-order valence-electron chi connectivity index (χ0n) is 64.4. The fourth-order valence-corrected chi connectivity index (χ4v) is 12.8. The van der Waals surface area contributed by atoms with Crippen LogP contribution in [0.2, 0.25) is 0 Å². The second-order valence-electron chi connectivity index (χ2n) is 28.0. The molecule has 0 unspecified atom stereocenters. The van der Waals surface area contributed by atoms with Crippen LogP contribution in [0.1, 0.15) is 90.7 Å². The molecule has 0 saturated heterocycles. The standard InChI is InChI=1S/C78H101N25O15/c79-26-10-9-19-55(95-75(116)63(36-65(105)106)102-69(110)57(21-12-28-89-78(83)84)96-70(111)58(30-44-13-3-1-4-14-44)98-72(113)60(33-48-38-85-41-91-48)97-66(107)53(80)29-46-22-24-51(104)25-23-46)67(108)94-56(20-11-27-88-77(81)82)68(109)100-61(34-49-39-86-42-92-49)73(114)99-59(32-47-37-90-54-18-8-7-17-52(47)54)71(112)101-62(35-50-40-87-43-93-50)74(115)103-64(76(117)118)31-45-15-5-2-6-16-45/h1-8,13-18,22-25,37-43,53,55-64,90,104H,9-12,19-21,26-36,79-80H2,(H,85,91)(H,86,92)(H,87,93)(H,94,108)(H,95,116)(H,96,111)(H,97,107)(H,98,113)(H,99,114)(H,100,109)(H,101,112)(H,102,110)(H,103,115)(H,105,106)(H,117,118)(H4,81,82,88)(H4,83,84,89)/t53-,55-,56+,57+,58-,59-,60+,61-,62+,63-,64-/m0/s1. The summed E-state index contributed by atoms with van der Waals surface area (Å²) in [6.07, 6.45) is 7.23. The third kappa shape index (κ3) is 29.4. The number of para-hydroxylation sites is 1. The second-order valence-corrected chi connectivity index (χ2v) is 28.0. The fourth-order valence-electron chi connectivity index (χ4n) is 12.8. The number of phenols is 1. The first kappa shape index (κ1) is 89.5. The molecule has 0 aliphatic rings. The molecule has 0 bridgehead atoms. The topological polar surface area (TPSA) is 663 Å². The molecule has 0 saturated carbocycles. The van der Waals surface area contributed by atoms with Gasteiger partial charge in [-0.3, -0.25) is 63.6 Å². The number of guanidine groups is 2. The number of hydrogen-bond acceptors (Lipinski definition) is 20. The molecule has 4 aromatic heterocycles. The first-order chi connectivity index (χ1) is 56.7. The Morgan fingerprint density at radius 3 is 1.16 bits per heavy atom. The average Bonchev–Trinajstić information content (AvgIpc) is 1.62. The van der Waals surface area contributed by atoms with E-state index in [2.05, 4.69) is 98.7 Å². The Bertz CT molecular complexity index is 4650. The Morgan fingerprint density at radius 1 is 0.390 bits per heavy atom. The van der Waals surface area contributed by atoms with Crippen LogP contribution in [-0.4, -0.2) is 219 Å². The van der Waals surface area contributed by atoms with E-state index < -0.39 is 156 Å². The maximum Gasteiger partial charge on any atom is 0.326 e. The summed E-state index contributed by atoms with van der Waals surface area (Å²) in [5.41, 5.74) is 27.2. The molecule has 4 aromatic carbocycles. The van der Waals surface area contributed by atoms with Gasteiger partial charge in [-0.1, -0.05) is 91.0 Å². The molecule has 40 heteroatoms. The number of phenolic OH excluding ortho intramolecular Hbond substituents is 1. The van der Waals surface area contributed by atoms with E-state index in [1.54, 1.807) is 103 Å². The van der Waals surface area contributed by atoms with Crippen molar-refractivity contribution in [1.29, 1.82) is 10.8 Å². The molecule has 8 rings (SSSR count). The fraction of sp³-hybridized carbons (Fsp3) is 0.372. The van der Waals surface area contributed by atoms with Crippen LogP contribution >= 0.6 is 0 Å². The van der Waals surface area contributed by atoms with Crippen molar-refractivity contribution in [3.05, 3.63) is 192 Å².